The van der Waals surface area contributed by atoms with Crippen molar-refractivity contribution in [3.63, 3.8) is 0 Å². The van der Waals surface area contributed by atoms with E-state index in [1.54, 1.807) is 65.8 Å². The number of nitrogens with one attached hydrogen (secondary N) is 2. The molecule has 1 aliphatic rings. The average Bonchev–Trinajstić information content (AvgIpc) is 2.64. The number of aromatic nitrogens is 4. The number of pyridine rings is 4. The van der Waals surface area contributed by atoms with Crippen LogP contribution in [0.1, 0.15) is 154 Å². The average molecular weight is 1450 g/mol. The Morgan fingerprint density at radius 2 is 1.05 bits per heavy atom. The Balaban J connectivity index is -0.00000100. The first-order valence-electron chi connectivity index (χ1n) is 25.8. The number of hydrogen-bond donors (Lipinski definition) is 4. The Kier molecular flexibility index (Phi) is 41.1. The number of quaternary nitrogens is 1. The van der Waals surface area contributed by atoms with Crippen LogP contribution >= 0.6 is 73.7 Å². The first-order valence-corrected chi connectivity index (χ1v) is 39.2. The van der Waals surface area contributed by atoms with Gasteiger partial charge in [-0.2, -0.15) is 4.73 Å². The van der Waals surface area contributed by atoms with Gasteiger partial charge < -0.3 is 53.9 Å². The molecule has 2 amide bonds. The maximum Gasteiger partial charge on any atom is 0.408 e. The van der Waals surface area contributed by atoms with Gasteiger partial charge in [-0.05, 0) is 160 Å². The highest BCUT2D eigenvalue weighted by atomic mass is 36.0. The molecule has 494 valence electrons. The van der Waals surface area contributed by atoms with Gasteiger partial charge in [-0.1, -0.05) is 39.3 Å². The van der Waals surface area contributed by atoms with E-state index in [0.29, 0.717) is 40.7 Å². The Hall–Kier alpha value is -3.12. The summed E-state index contributed by atoms with van der Waals surface area (Å²) in [6, 6.07) is 11.5. The predicted octanol–water partition coefficient (Wildman–Crippen LogP) is 7.92. The predicted molar refractivity (Wildman–Crippen MR) is 335 cm³/mol. The lowest BCUT2D eigenvalue weighted by atomic mass is 10.1. The minimum atomic E-state index is -3.65. The third-order valence-electron chi connectivity index (χ3n) is 10.4. The summed E-state index contributed by atoms with van der Waals surface area (Å²) < 4.78 is 116. The molecule has 4 aromatic heterocycles. The summed E-state index contributed by atoms with van der Waals surface area (Å²) in [6.45, 7) is 20.2. The molecule has 23 nitrogen and oxygen atoms in total. The van der Waals surface area contributed by atoms with E-state index in [2.05, 4.69) is 65.0 Å². The normalized spacial score (nSPS) is 13.7. The van der Waals surface area contributed by atoms with Crippen LogP contribution in [0.3, 0.4) is 0 Å². The fourth-order valence-corrected chi connectivity index (χ4v) is 9.14. The summed E-state index contributed by atoms with van der Waals surface area (Å²) in [7, 11) is -13.6. The van der Waals surface area contributed by atoms with Crippen molar-refractivity contribution in [2.45, 2.75) is 163 Å². The second-order valence-electron chi connectivity index (χ2n) is 20.3. The number of halogens is 7. The van der Waals surface area contributed by atoms with Crippen LogP contribution < -0.4 is 39.2 Å². The molecule has 1 aliphatic heterocycles. The van der Waals surface area contributed by atoms with Crippen molar-refractivity contribution in [3.05, 3.63) is 99.7 Å². The standard InChI is InChI=1S/C14H22N2O5S.C14H22N2O4S.C9H13ClN2O2S.C9H14N2O2S.C4H8O.CH2Cl2.Cl3OP.ClH/c1-6-11(15-13(17)21-14(2,3)4)10-7-8-16(18)12(9-10)22(5,19)20;1-6-11(16-13(17)20-14(2,3)4)10-7-8-15-12(9-10)21(5,18)19;1-3-7(11)6-4-8(10)12-9(5-6)15(2,13)14;1-3-8(10)7-4-5-11-9(6-7)14(2,12)13;1-2-4-5-3-1;2-1-3;1-5(2,3)4;/h7-9,11H,6H2,1-5H3,(H,15,17);7-9,11H,6H2,1-5H3,(H,16,17);4-5,7H,3,11H2,1-2H3;4-6,8H,3,10H2,1-2H3;1-4H2;1H2;;1H/t2*11-;7-;8-;;;;/m0000..../s1. The van der Waals surface area contributed by atoms with Crippen LogP contribution in [0.5, 0.6) is 0 Å². The second kappa shape index (κ2) is 40.6. The quantitative estimate of drug-likeness (QED) is 0.0306. The maximum atomic E-state index is 11.8. The first-order chi connectivity index (χ1) is 38.7. The molecule has 86 heavy (non-hydrogen) atoms. The van der Waals surface area contributed by atoms with Crippen molar-refractivity contribution in [1.29, 1.82) is 0 Å². The van der Waals surface area contributed by atoms with Crippen molar-refractivity contribution >= 4 is 125 Å². The summed E-state index contributed by atoms with van der Waals surface area (Å²) >= 11 is 29.1. The molecule has 0 spiro atoms. The molecule has 4 atom stereocenters. The number of nitrogens with two attached hydrogens (primary N) is 1. The van der Waals surface area contributed by atoms with E-state index in [4.69, 9.17) is 54.7 Å². The van der Waals surface area contributed by atoms with E-state index >= 15 is 0 Å². The molecule has 0 aromatic carbocycles. The molecule has 7 N–H and O–H groups in total. The molecule has 0 saturated carbocycles. The van der Waals surface area contributed by atoms with Gasteiger partial charge in [0.05, 0.1) is 17.4 Å². The molecule has 1 saturated heterocycles. The van der Waals surface area contributed by atoms with Gasteiger partial charge in [-0.25, -0.2) is 58.2 Å². The second-order valence-corrected chi connectivity index (χ2v) is 36.0. The zero-order valence-electron chi connectivity index (χ0n) is 50.4. The van der Waals surface area contributed by atoms with Gasteiger partial charge in [0.1, 0.15) is 22.4 Å². The maximum absolute atomic E-state index is 11.8. The van der Waals surface area contributed by atoms with Crippen LogP contribution in [-0.2, 0) is 58.1 Å². The summed E-state index contributed by atoms with van der Waals surface area (Å²) in [4.78, 5) is 35.0. The topological polar surface area (TPSA) is 359 Å². The van der Waals surface area contributed by atoms with Crippen molar-refractivity contribution < 1.29 is 84.9 Å². The van der Waals surface area contributed by atoms with Crippen LogP contribution in [0.15, 0.2) is 87.2 Å². The molecule has 0 radical (unpaired) electrons. The smallest absolute Gasteiger partial charge is 0.408 e. The molecular weight excluding hydrogens is 1370 g/mol. The van der Waals surface area contributed by atoms with E-state index in [0.717, 1.165) is 56.4 Å². The number of ether oxygens (including phenoxy) is 3. The molecule has 5 rings (SSSR count). The van der Waals surface area contributed by atoms with Crippen molar-refractivity contribution in [2.75, 3.05) is 43.6 Å². The molecule has 35 heteroatoms. The lowest BCUT2D eigenvalue weighted by Gasteiger charge is -2.23. The zero-order valence-corrected chi connectivity index (χ0v) is 59.9. The molecule has 1 fully saturated rings. The Bertz CT molecular complexity index is 3220. The molecule has 0 aliphatic carbocycles. The van der Waals surface area contributed by atoms with Crippen molar-refractivity contribution in [3.8, 4) is 0 Å². The number of hydrogen-bond acceptors (Lipinski definition) is 19. The lowest BCUT2D eigenvalue weighted by Crippen LogP contribution is -3.00. The number of alkyl carbamates (subject to hydrolysis) is 2. The number of carbonyl (C=O) groups excluding carboxylic acids is 2. The number of carbonyl (C=O) groups is 2. The van der Waals surface area contributed by atoms with Gasteiger partial charge >= 0.3 is 22.4 Å². The SMILES string of the molecule is C1CCOC1.CC[C@H](N)c1cc(Cl)nc(S(C)(=O)=O)c1.CC[C@H](NC(=O)OC(C)(C)C)c1cc[n+]([O-])c(S(C)(=O)=O)c1.CC[C@H](NC(=O)OC(C)(C)C)c1ccnc(S(C)(=O)=O)c1.CC[C@H]([NH3+])c1ccnc(S(C)(=O)=O)c1.ClCCl.O=P(Cl)(Cl)Cl.[Cl-]. The van der Waals surface area contributed by atoms with E-state index < -0.39 is 74.0 Å². The van der Waals surface area contributed by atoms with E-state index in [9.17, 15) is 53.0 Å². The van der Waals surface area contributed by atoms with Gasteiger partial charge in [-0.15, -0.1) is 23.2 Å². The first kappa shape index (κ1) is 87.1. The number of rotatable bonds is 14. The van der Waals surface area contributed by atoms with Crippen LogP contribution in [0.2, 0.25) is 5.15 Å². The highest BCUT2D eigenvalue weighted by molar-refractivity contribution is 8.24. The highest BCUT2D eigenvalue weighted by Crippen LogP contribution is 2.61. The van der Waals surface area contributed by atoms with Crippen molar-refractivity contribution in [2.24, 2.45) is 5.73 Å². The van der Waals surface area contributed by atoms with E-state index in [1.165, 1.54) is 49.5 Å². The van der Waals surface area contributed by atoms with Crippen LogP contribution in [-0.4, -0.2) is 116 Å². The fraction of sp³-hybridized carbons (Fsp3) is 0.569. The minimum Gasteiger partial charge on any atom is -1.00 e. The minimum absolute atomic E-state index is 0. The lowest BCUT2D eigenvalue weighted by molar-refractivity contribution is -0.646. The van der Waals surface area contributed by atoms with Crippen LogP contribution in [0, 0.1) is 5.21 Å². The largest absolute Gasteiger partial charge is 1.00 e. The number of amides is 2. The fourth-order valence-electron chi connectivity index (χ4n) is 6.31. The Morgan fingerprint density at radius 1 is 0.674 bits per heavy atom. The number of nitrogens with zero attached hydrogens (tertiary/aromatic N) is 4. The van der Waals surface area contributed by atoms with Crippen LogP contribution in [0.25, 0.3) is 0 Å². The third-order valence-corrected chi connectivity index (χ3v) is 14.6. The van der Waals surface area contributed by atoms with Gasteiger partial charge in [0.15, 0.2) is 50.8 Å². The van der Waals surface area contributed by atoms with Crippen molar-refractivity contribution in [1.82, 2.24) is 25.6 Å². The monoisotopic (exact) mass is 1450 g/mol. The highest BCUT2D eigenvalue weighted by Gasteiger charge is 2.25. The molecule has 0 unspecified atom stereocenters. The third kappa shape index (κ3) is 40.5. The Labute approximate surface area is 543 Å². The van der Waals surface area contributed by atoms with Gasteiger partial charge in [-0.3, -0.25) is 4.57 Å². The summed E-state index contributed by atoms with van der Waals surface area (Å²) in [5.74, 6) is 0. The molecule has 4 aromatic rings. The molecule has 0 bridgehead atoms. The summed E-state index contributed by atoms with van der Waals surface area (Å²) in [5, 5.41) is 13.8. The van der Waals surface area contributed by atoms with Gasteiger partial charge in [0.2, 0.25) is 9.84 Å². The van der Waals surface area contributed by atoms with Gasteiger partial charge in [0.25, 0.3) is 0 Å². The number of alkyl halides is 2. The number of sulfone groups is 4. The Morgan fingerprint density at radius 3 is 1.37 bits per heavy atom. The van der Waals surface area contributed by atoms with Crippen LogP contribution in [0.4, 0.5) is 9.59 Å². The zero-order chi connectivity index (χ0) is 66.5. The van der Waals surface area contributed by atoms with E-state index in [1.807, 2.05) is 27.7 Å². The summed E-state index contributed by atoms with van der Waals surface area (Å²) in [5.41, 5.74) is 11.3. The van der Waals surface area contributed by atoms with Gasteiger partial charge in [0, 0.05) is 80.8 Å². The summed E-state index contributed by atoms with van der Waals surface area (Å²) in [6.07, 6.45) is 12.5. The molecule has 5 heterocycles. The van der Waals surface area contributed by atoms with E-state index in [-0.39, 0.29) is 61.1 Å². The molecular formula is C51H82Cl7N8O15PS4.